The number of hydrogen-bond acceptors (Lipinski definition) is 4. The van der Waals surface area contributed by atoms with Crippen LogP contribution in [0.4, 0.5) is 34.1 Å². The van der Waals surface area contributed by atoms with Crippen molar-refractivity contribution in [1.82, 2.24) is 14.5 Å². The number of anilines is 6. The van der Waals surface area contributed by atoms with Gasteiger partial charge in [-0.3, -0.25) is 9.97 Å². The average Bonchev–Trinajstić information content (AvgIpc) is 3.55. The molecule has 0 saturated heterocycles. The Balaban J connectivity index is 1.20. The van der Waals surface area contributed by atoms with E-state index < -0.39 is 5.41 Å². The summed E-state index contributed by atoms with van der Waals surface area (Å²) in [5.74, 6) is 0. The molecule has 0 aliphatic carbocycles. The van der Waals surface area contributed by atoms with Crippen LogP contribution < -0.4 is 9.80 Å². The van der Waals surface area contributed by atoms with Crippen LogP contribution in [0, 0.1) is 0 Å². The highest BCUT2D eigenvalue weighted by atomic mass is 15.2. The molecule has 9 aromatic rings. The fraction of sp³-hybridized carbons (Fsp3) is 0.0213. The van der Waals surface area contributed by atoms with Gasteiger partial charge in [-0.2, -0.15) is 0 Å². The zero-order chi connectivity index (χ0) is 34.2. The van der Waals surface area contributed by atoms with Gasteiger partial charge in [-0.05, 0) is 101 Å². The van der Waals surface area contributed by atoms with Gasteiger partial charge in [0.1, 0.15) is 0 Å². The van der Waals surface area contributed by atoms with Crippen molar-refractivity contribution in [3.05, 3.63) is 211 Å². The molecule has 0 atom stereocenters. The molecular formula is C47H31N5. The molecule has 0 saturated carbocycles. The molecule has 0 unspecified atom stereocenters. The second-order valence-electron chi connectivity index (χ2n) is 13.4. The Hall–Kier alpha value is -6.98. The molecule has 0 N–H and O–H groups in total. The summed E-state index contributed by atoms with van der Waals surface area (Å²) in [7, 11) is 0. The van der Waals surface area contributed by atoms with Gasteiger partial charge in [0.05, 0.1) is 44.7 Å². The molecule has 0 amide bonds. The quantitative estimate of drug-likeness (QED) is 0.188. The van der Waals surface area contributed by atoms with Gasteiger partial charge in [-0.1, -0.05) is 91.0 Å². The Labute approximate surface area is 301 Å². The summed E-state index contributed by atoms with van der Waals surface area (Å²) in [6.07, 6.45) is 5.57. The molecule has 3 aromatic heterocycles. The maximum Gasteiger partial charge on any atom is 0.0964 e. The van der Waals surface area contributed by atoms with Crippen molar-refractivity contribution in [2.24, 2.45) is 0 Å². The van der Waals surface area contributed by atoms with Crippen LogP contribution in [-0.2, 0) is 5.41 Å². The van der Waals surface area contributed by atoms with E-state index >= 15 is 0 Å². The highest BCUT2D eigenvalue weighted by Gasteiger charge is 2.51. The molecular weight excluding hydrogens is 635 g/mol. The molecule has 11 rings (SSSR count). The molecule has 0 fully saturated rings. The predicted molar refractivity (Wildman–Crippen MR) is 211 cm³/mol. The molecule has 0 bridgehead atoms. The predicted octanol–water partition coefficient (Wildman–Crippen LogP) is 11.5. The molecule has 5 nitrogen and oxygen atoms in total. The molecule has 5 heterocycles. The van der Waals surface area contributed by atoms with Crippen LogP contribution in [0.1, 0.15) is 22.3 Å². The first-order valence-electron chi connectivity index (χ1n) is 17.7. The highest BCUT2D eigenvalue weighted by molar-refractivity contribution is 6.09. The summed E-state index contributed by atoms with van der Waals surface area (Å²) in [6.45, 7) is 0. The van der Waals surface area contributed by atoms with Crippen molar-refractivity contribution in [2.75, 3.05) is 9.80 Å². The molecule has 52 heavy (non-hydrogen) atoms. The summed E-state index contributed by atoms with van der Waals surface area (Å²) in [6, 6.07) is 61.6. The van der Waals surface area contributed by atoms with Crippen LogP contribution in [0.25, 0.3) is 27.6 Å². The van der Waals surface area contributed by atoms with Crippen LogP contribution in [0.5, 0.6) is 0 Å². The minimum absolute atomic E-state index is 0.564. The first-order valence-corrected chi connectivity index (χ1v) is 17.7. The van der Waals surface area contributed by atoms with Crippen LogP contribution >= 0.6 is 0 Å². The van der Waals surface area contributed by atoms with Crippen molar-refractivity contribution in [1.29, 1.82) is 0 Å². The molecule has 1 spiro atoms. The zero-order valence-electron chi connectivity index (χ0n) is 28.1. The van der Waals surface area contributed by atoms with E-state index in [-0.39, 0.29) is 0 Å². The fourth-order valence-electron chi connectivity index (χ4n) is 8.94. The highest BCUT2D eigenvalue weighted by Crippen LogP contribution is 2.63. The van der Waals surface area contributed by atoms with E-state index in [2.05, 4.69) is 183 Å². The fourth-order valence-corrected chi connectivity index (χ4v) is 8.94. The number of nitrogens with zero attached hydrogens (tertiary/aromatic N) is 5. The Kier molecular flexibility index (Phi) is 6.10. The van der Waals surface area contributed by atoms with Crippen molar-refractivity contribution in [3.8, 4) is 5.69 Å². The van der Waals surface area contributed by atoms with Gasteiger partial charge in [0.25, 0.3) is 0 Å². The van der Waals surface area contributed by atoms with Gasteiger partial charge >= 0.3 is 0 Å². The lowest BCUT2D eigenvalue weighted by Crippen LogP contribution is -2.41. The Morgan fingerprint density at radius 2 is 0.904 bits per heavy atom. The standard InChI is InChI=1S/C47H31N5/c1-2-13-32(14-3-1)51-41-19-8-4-15-36(41)47(37-16-5-9-20-42(37)51)38-17-6-10-21-43(38)52(44-22-11-7-18-39(44)47)34-24-25-40-35(31-34)46-45(23-12-28-49-46)50(40)33-26-29-48-30-27-33/h1-31H. The summed E-state index contributed by atoms with van der Waals surface area (Å²) in [4.78, 5) is 14.1. The van der Waals surface area contributed by atoms with Crippen LogP contribution in [0.2, 0.25) is 0 Å². The van der Waals surface area contributed by atoms with Gasteiger partial charge in [0, 0.05) is 41.0 Å². The smallest absolute Gasteiger partial charge is 0.0964 e. The number of hydrogen-bond donors (Lipinski definition) is 0. The van der Waals surface area contributed by atoms with Gasteiger partial charge in [-0.25, -0.2) is 0 Å². The zero-order valence-corrected chi connectivity index (χ0v) is 28.1. The Bertz CT molecular complexity index is 2730. The van der Waals surface area contributed by atoms with E-state index in [9.17, 15) is 0 Å². The van der Waals surface area contributed by atoms with E-state index in [0.717, 1.165) is 50.4 Å². The topological polar surface area (TPSA) is 37.2 Å². The number of para-hydroxylation sites is 5. The van der Waals surface area contributed by atoms with E-state index in [1.165, 1.54) is 33.6 Å². The Morgan fingerprint density at radius 3 is 1.48 bits per heavy atom. The summed E-state index contributed by atoms with van der Waals surface area (Å²) in [5.41, 5.74) is 15.6. The summed E-state index contributed by atoms with van der Waals surface area (Å²) in [5, 5.41) is 1.10. The molecule has 5 heteroatoms. The van der Waals surface area contributed by atoms with Crippen LogP contribution in [0.3, 0.4) is 0 Å². The van der Waals surface area contributed by atoms with Gasteiger partial charge in [0.15, 0.2) is 0 Å². The molecule has 2 aliphatic rings. The first-order chi connectivity index (χ1) is 25.8. The lowest BCUT2D eigenvalue weighted by molar-refractivity contribution is 0.719. The molecule has 2 aliphatic heterocycles. The number of fused-ring (bicyclic) bond motifs is 11. The summed E-state index contributed by atoms with van der Waals surface area (Å²) >= 11 is 0. The largest absolute Gasteiger partial charge is 0.310 e. The van der Waals surface area contributed by atoms with Gasteiger partial charge in [-0.15, -0.1) is 0 Å². The third-order valence-corrected chi connectivity index (χ3v) is 10.9. The second-order valence-corrected chi connectivity index (χ2v) is 13.4. The molecule has 244 valence electrons. The van der Waals surface area contributed by atoms with E-state index in [1.54, 1.807) is 0 Å². The van der Waals surface area contributed by atoms with E-state index in [4.69, 9.17) is 4.98 Å². The lowest BCUT2D eigenvalue weighted by atomic mass is 9.60. The third-order valence-electron chi connectivity index (χ3n) is 10.9. The maximum absolute atomic E-state index is 4.92. The molecule has 0 radical (unpaired) electrons. The Morgan fingerprint density at radius 1 is 0.385 bits per heavy atom. The van der Waals surface area contributed by atoms with Crippen molar-refractivity contribution in [2.45, 2.75) is 5.41 Å². The summed E-state index contributed by atoms with van der Waals surface area (Å²) < 4.78 is 2.28. The van der Waals surface area contributed by atoms with E-state index in [1.807, 2.05) is 24.7 Å². The SMILES string of the molecule is c1ccc(N2c3ccccc3C3(c4ccccc42)c2ccccc2N(c2ccc4c(c2)c2ncccc2n4-c2ccncc2)c2ccccc23)cc1. The van der Waals surface area contributed by atoms with Crippen LogP contribution in [-0.4, -0.2) is 14.5 Å². The lowest BCUT2D eigenvalue weighted by Gasteiger charge is -2.51. The number of pyridine rings is 2. The monoisotopic (exact) mass is 665 g/mol. The van der Waals surface area contributed by atoms with Crippen molar-refractivity contribution in [3.63, 3.8) is 0 Å². The van der Waals surface area contributed by atoms with Gasteiger partial charge < -0.3 is 14.4 Å². The normalized spacial score (nSPS) is 13.8. The van der Waals surface area contributed by atoms with Crippen molar-refractivity contribution >= 4 is 56.1 Å². The number of benzene rings is 6. The molecule has 6 aromatic carbocycles. The van der Waals surface area contributed by atoms with Gasteiger partial charge in [0.2, 0.25) is 0 Å². The maximum atomic E-state index is 4.92. The number of aromatic nitrogens is 3. The average molecular weight is 666 g/mol. The number of rotatable bonds is 3. The third kappa shape index (κ3) is 3.82. The van der Waals surface area contributed by atoms with Crippen LogP contribution in [0.15, 0.2) is 188 Å². The van der Waals surface area contributed by atoms with Crippen molar-refractivity contribution < 1.29 is 0 Å². The minimum atomic E-state index is -0.564. The second kappa shape index (κ2) is 11.0. The van der Waals surface area contributed by atoms with E-state index in [0.29, 0.717) is 0 Å². The minimum Gasteiger partial charge on any atom is -0.310 e. The first kappa shape index (κ1) is 28.8.